The molecule has 0 saturated carbocycles. The summed E-state index contributed by atoms with van der Waals surface area (Å²) in [7, 11) is 0. The quantitative estimate of drug-likeness (QED) is 0.573. The number of imidazole rings is 1. The van der Waals surface area contributed by atoms with Gasteiger partial charge in [-0.25, -0.2) is 4.98 Å². The molecule has 2 aromatic carbocycles. The maximum atomic E-state index is 13.1. The number of fused-ring (bicyclic) bond motifs is 2. The number of amides is 1. The number of hydrogen-bond donors (Lipinski definition) is 0. The van der Waals surface area contributed by atoms with E-state index in [0.29, 0.717) is 19.0 Å². The Labute approximate surface area is 180 Å². The van der Waals surface area contributed by atoms with Crippen molar-refractivity contribution in [2.24, 2.45) is 0 Å². The zero-order chi connectivity index (χ0) is 20.5. The van der Waals surface area contributed by atoms with Crippen molar-refractivity contribution in [3.63, 3.8) is 0 Å². The van der Waals surface area contributed by atoms with Crippen LogP contribution in [-0.2, 0) is 11.3 Å². The third kappa shape index (κ3) is 3.51. The van der Waals surface area contributed by atoms with E-state index in [4.69, 9.17) is 14.5 Å². The van der Waals surface area contributed by atoms with E-state index < -0.39 is 0 Å². The number of aromatic nitrogens is 2. The average Bonchev–Trinajstić information content (AvgIpc) is 3.41. The second-order valence-corrected chi connectivity index (χ2v) is 8.51. The predicted molar refractivity (Wildman–Crippen MR) is 117 cm³/mol. The topological polar surface area (TPSA) is 56.6 Å². The normalized spacial score (nSPS) is 18.2. The Morgan fingerprint density at radius 3 is 2.87 bits per heavy atom. The monoisotopic (exact) mass is 423 g/mol. The molecule has 0 N–H and O–H groups in total. The zero-order valence-corrected chi connectivity index (χ0v) is 17.9. The fourth-order valence-electron chi connectivity index (χ4n) is 4.36. The number of ether oxygens (including phenoxy) is 2. The molecule has 0 spiro atoms. The minimum atomic E-state index is 0.0962. The van der Waals surface area contributed by atoms with Gasteiger partial charge in [-0.3, -0.25) is 4.79 Å². The molecule has 3 heterocycles. The number of hydrogen-bond acceptors (Lipinski definition) is 5. The molecule has 0 bridgehead atoms. The SMILES string of the molecule is CCn1c(SCC(=O)N2CCC[C@H]2c2ccc3c(c2)OCCO3)nc2ccccc21. The highest BCUT2D eigenvalue weighted by molar-refractivity contribution is 7.99. The van der Waals surface area contributed by atoms with Crippen LogP contribution in [0.1, 0.15) is 31.4 Å². The minimum absolute atomic E-state index is 0.0962. The lowest BCUT2D eigenvalue weighted by Crippen LogP contribution is -2.32. The van der Waals surface area contributed by atoms with Crippen LogP contribution in [0.4, 0.5) is 0 Å². The molecule has 5 rings (SSSR count). The van der Waals surface area contributed by atoms with Gasteiger partial charge in [0.25, 0.3) is 0 Å². The molecule has 1 saturated heterocycles. The number of likely N-dealkylation sites (tertiary alicyclic amines) is 1. The fourth-order valence-corrected chi connectivity index (χ4v) is 5.32. The molecule has 3 aromatic rings. The Kier molecular flexibility index (Phi) is 5.29. The van der Waals surface area contributed by atoms with E-state index in [2.05, 4.69) is 23.6 Å². The van der Waals surface area contributed by atoms with Crippen molar-refractivity contribution in [1.82, 2.24) is 14.5 Å². The Hall–Kier alpha value is -2.67. The van der Waals surface area contributed by atoms with Gasteiger partial charge in [-0.2, -0.15) is 0 Å². The molecule has 1 aromatic heterocycles. The highest BCUT2D eigenvalue weighted by atomic mass is 32.2. The summed E-state index contributed by atoms with van der Waals surface area (Å²) in [5, 5.41) is 0.905. The molecule has 2 aliphatic heterocycles. The third-order valence-electron chi connectivity index (χ3n) is 5.78. The summed E-state index contributed by atoms with van der Waals surface area (Å²) in [5.41, 5.74) is 3.21. The van der Waals surface area contributed by atoms with Crippen molar-refractivity contribution in [3.8, 4) is 11.5 Å². The van der Waals surface area contributed by atoms with Crippen LogP contribution in [0.3, 0.4) is 0 Å². The number of carbonyl (C=O) groups excluding carboxylic acids is 1. The first-order valence-electron chi connectivity index (χ1n) is 10.5. The van der Waals surface area contributed by atoms with Crippen LogP contribution in [0.15, 0.2) is 47.6 Å². The molecule has 1 fully saturated rings. The van der Waals surface area contributed by atoms with E-state index in [0.717, 1.165) is 59.2 Å². The Morgan fingerprint density at radius 2 is 2.00 bits per heavy atom. The van der Waals surface area contributed by atoms with Gasteiger partial charge in [0.2, 0.25) is 5.91 Å². The summed E-state index contributed by atoms with van der Waals surface area (Å²) in [6.07, 6.45) is 1.99. The second kappa shape index (κ2) is 8.22. The van der Waals surface area contributed by atoms with Gasteiger partial charge in [0.15, 0.2) is 16.7 Å². The zero-order valence-electron chi connectivity index (χ0n) is 17.0. The van der Waals surface area contributed by atoms with Crippen molar-refractivity contribution in [2.45, 2.75) is 37.5 Å². The van der Waals surface area contributed by atoms with Gasteiger partial charge >= 0.3 is 0 Å². The van der Waals surface area contributed by atoms with Crippen LogP contribution in [0.2, 0.25) is 0 Å². The average molecular weight is 424 g/mol. The van der Waals surface area contributed by atoms with E-state index in [-0.39, 0.29) is 11.9 Å². The van der Waals surface area contributed by atoms with Gasteiger partial charge in [0.05, 0.1) is 22.8 Å². The maximum absolute atomic E-state index is 13.1. The van der Waals surface area contributed by atoms with Crippen LogP contribution in [0.5, 0.6) is 11.5 Å². The van der Waals surface area contributed by atoms with Crippen molar-refractivity contribution in [2.75, 3.05) is 25.5 Å². The first kappa shape index (κ1) is 19.3. The molecular weight excluding hydrogens is 398 g/mol. The van der Waals surface area contributed by atoms with Gasteiger partial charge in [0, 0.05) is 13.1 Å². The minimum Gasteiger partial charge on any atom is -0.486 e. The number of para-hydroxylation sites is 2. The van der Waals surface area contributed by atoms with Crippen LogP contribution >= 0.6 is 11.8 Å². The molecule has 1 atom stereocenters. The lowest BCUT2D eigenvalue weighted by atomic mass is 10.0. The molecule has 2 aliphatic rings. The van der Waals surface area contributed by atoms with Gasteiger partial charge in [0.1, 0.15) is 13.2 Å². The number of benzene rings is 2. The Balaban J connectivity index is 1.31. The first-order valence-corrected chi connectivity index (χ1v) is 11.5. The van der Waals surface area contributed by atoms with Gasteiger partial charge < -0.3 is 18.9 Å². The lowest BCUT2D eigenvalue weighted by molar-refractivity contribution is -0.129. The van der Waals surface area contributed by atoms with E-state index in [9.17, 15) is 4.79 Å². The van der Waals surface area contributed by atoms with Crippen molar-refractivity contribution in [1.29, 1.82) is 0 Å². The standard InChI is InChI=1S/C23H25N3O3S/c1-2-25-19-7-4-3-6-17(19)24-23(25)30-15-22(27)26-11-5-8-18(26)16-9-10-20-21(14-16)29-13-12-28-20/h3-4,6-7,9-10,14,18H,2,5,8,11-13,15H2,1H3/t18-/m0/s1. The Morgan fingerprint density at radius 1 is 1.17 bits per heavy atom. The summed E-state index contributed by atoms with van der Waals surface area (Å²) >= 11 is 1.53. The van der Waals surface area contributed by atoms with Crippen molar-refractivity contribution < 1.29 is 14.3 Å². The summed E-state index contributed by atoms with van der Waals surface area (Å²) in [6, 6.07) is 14.3. The summed E-state index contributed by atoms with van der Waals surface area (Å²) in [6.45, 7) is 4.89. The maximum Gasteiger partial charge on any atom is 0.233 e. The van der Waals surface area contributed by atoms with Gasteiger partial charge in [-0.15, -0.1) is 0 Å². The molecule has 156 valence electrons. The second-order valence-electron chi connectivity index (χ2n) is 7.56. The summed E-state index contributed by atoms with van der Waals surface area (Å²) in [5.74, 6) is 2.12. The fraction of sp³-hybridized carbons (Fsp3) is 0.391. The molecule has 7 heteroatoms. The van der Waals surface area contributed by atoms with Crippen LogP contribution in [0.25, 0.3) is 11.0 Å². The van der Waals surface area contributed by atoms with Gasteiger partial charge in [-0.05, 0) is 49.6 Å². The molecule has 30 heavy (non-hydrogen) atoms. The third-order valence-corrected chi connectivity index (χ3v) is 6.75. The van der Waals surface area contributed by atoms with Crippen LogP contribution in [0, 0.1) is 0 Å². The van der Waals surface area contributed by atoms with Gasteiger partial charge in [-0.1, -0.05) is 30.0 Å². The first-order chi connectivity index (χ1) is 14.7. The molecule has 0 aliphatic carbocycles. The number of thioether (sulfide) groups is 1. The molecule has 1 amide bonds. The highest BCUT2D eigenvalue weighted by Crippen LogP contribution is 2.38. The largest absolute Gasteiger partial charge is 0.486 e. The highest BCUT2D eigenvalue weighted by Gasteiger charge is 2.31. The lowest BCUT2D eigenvalue weighted by Gasteiger charge is -2.26. The van der Waals surface area contributed by atoms with E-state index in [1.54, 1.807) is 0 Å². The molecule has 0 unspecified atom stereocenters. The van der Waals surface area contributed by atoms with Crippen molar-refractivity contribution >= 4 is 28.7 Å². The molecule has 6 nitrogen and oxygen atoms in total. The number of nitrogens with zero attached hydrogens (tertiary/aromatic N) is 3. The number of aryl methyl sites for hydroxylation is 1. The molecular formula is C23H25N3O3S. The summed E-state index contributed by atoms with van der Waals surface area (Å²) in [4.78, 5) is 19.9. The van der Waals surface area contributed by atoms with E-state index in [1.807, 2.05) is 35.2 Å². The van der Waals surface area contributed by atoms with E-state index in [1.165, 1.54) is 11.8 Å². The smallest absolute Gasteiger partial charge is 0.233 e. The van der Waals surface area contributed by atoms with Crippen LogP contribution < -0.4 is 9.47 Å². The summed E-state index contributed by atoms with van der Waals surface area (Å²) < 4.78 is 13.5. The molecule has 0 radical (unpaired) electrons. The van der Waals surface area contributed by atoms with E-state index >= 15 is 0 Å². The van der Waals surface area contributed by atoms with Crippen LogP contribution in [-0.4, -0.2) is 45.9 Å². The Bertz CT molecular complexity index is 1080. The number of rotatable bonds is 5. The van der Waals surface area contributed by atoms with Crippen molar-refractivity contribution in [3.05, 3.63) is 48.0 Å². The number of carbonyl (C=O) groups is 1. The predicted octanol–water partition coefficient (Wildman–Crippen LogP) is 4.28.